The summed E-state index contributed by atoms with van der Waals surface area (Å²) < 4.78 is 16.8. The number of aliphatic hydroxyl groups excluding tert-OH is 3. The molecular formula is C32H48O8S. The summed E-state index contributed by atoms with van der Waals surface area (Å²) >= 11 is 1.07. The van der Waals surface area contributed by atoms with Crippen LogP contribution in [-0.4, -0.2) is 56.9 Å². The number of aliphatic hydroxyl groups is 3. The molecule has 1 aliphatic heterocycles. The Labute approximate surface area is 247 Å². The minimum Gasteiger partial charge on any atom is -0.462 e. The van der Waals surface area contributed by atoms with Crippen molar-refractivity contribution in [1.82, 2.24) is 0 Å². The summed E-state index contributed by atoms with van der Waals surface area (Å²) in [6.07, 6.45) is 10.1. The summed E-state index contributed by atoms with van der Waals surface area (Å²) in [5.74, 6) is 0.400. The summed E-state index contributed by atoms with van der Waals surface area (Å²) in [4.78, 5) is 24.2. The summed E-state index contributed by atoms with van der Waals surface area (Å²) in [7, 11) is 0. The molecule has 1 aliphatic rings. The molecule has 2 heterocycles. The summed E-state index contributed by atoms with van der Waals surface area (Å²) in [6.45, 7) is 4.05. The van der Waals surface area contributed by atoms with Gasteiger partial charge in [0.25, 0.3) is 0 Å². The second-order valence-corrected chi connectivity index (χ2v) is 12.3. The van der Waals surface area contributed by atoms with E-state index in [1.807, 2.05) is 0 Å². The molecule has 3 rings (SSSR count). The number of unbranched alkanes of at least 4 members (excludes halogenated alkanes) is 12. The summed E-state index contributed by atoms with van der Waals surface area (Å²) in [5.41, 5.74) is 0.598. The first-order chi connectivity index (χ1) is 19.8. The molecule has 0 bridgehead atoms. The van der Waals surface area contributed by atoms with Crippen LogP contribution in [0, 0.1) is 6.92 Å². The molecule has 0 unspecified atom stereocenters. The molecule has 0 saturated carbocycles. The molecule has 41 heavy (non-hydrogen) atoms. The van der Waals surface area contributed by atoms with Crippen molar-refractivity contribution in [1.29, 1.82) is 0 Å². The number of aryl methyl sites for hydroxylation is 1. The van der Waals surface area contributed by atoms with E-state index in [-0.39, 0.29) is 16.6 Å². The monoisotopic (exact) mass is 592 g/mol. The van der Waals surface area contributed by atoms with Crippen LogP contribution in [0.1, 0.15) is 102 Å². The predicted molar refractivity (Wildman–Crippen MR) is 162 cm³/mol. The largest absolute Gasteiger partial charge is 0.462 e. The van der Waals surface area contributed by atoms with Gasteiger partial charge >= 0.3 is 5.63 Å². The Morgan fingerprint density at radius 3 is 2.10 bits per heavy atom. The molecule has 5 atom stereocenters. The Morgan fingerprint density at radius 1 is 0.854 bits per heavy atom. The lowest BCUT2D eigenvalue weighted by Gasteiger charge is -2.40. The van der Waals surface area contributed by atoms with E-state index in [9.17, 15) is 24.9 Å². The fourth-order valence-corrected chi connectivity index (χ4v) is 6.11. The maximum absolute atomic E-state index is 12.4. The lowest BCUT2D eigenvalue weighted by atomic mass is 10.00. The maximum Gasteiger partial charge on any atom is 0.336 e. The molecule has 9 heteroatoms. The van der Waals surface area contributed by atoms with Crippen LogP contribution in [0.15, 0.2) is 33.5 Å². The fraction of sp³-hybridized carbons (Fsp3) is 0.688. The van der Waals surface area contributed by atoms with Crippen molar-refractivity contribution in [3.8, 4) is 5.75 Å². The van der Waals surface area contributed by atoms with Crippen molar-refractivity contribution in [3.05, 3.63) is 40.2 Å². The van der Waals surface area contributed by atoms with Crippen LogP contribution in [0.25, 0.3) is 11.0 Å². The highest BCUT2D eigenvalue weighted by molar-refractivity contribution is 8.13. The Bertz CT molecular complexity index is 1120. The van der Waals surface area contributed by atoms with Gasteiger partial charge in [0.05, 0.1) is 6.10 Å². The molecule has 1 fully saturated rings. The first-order valence-corrected chi connectivity index (χ1v) is 16.3. The molecule has 2 aromatic rings. The molecule has 0 amide bonds. The van der Waals surface area contributed by atoms with Crippen LogP contribution in [0.2, 0.25) is 0 Å². The number of thioether (sulfide) groups is 1. The molecule has 0 aliphatic carbocycles. The van der Waals surface area contributed by atoms with E-state index in [0.717, 1.165) is 42.0 Å². The summed E-state index contributed by atoms with van der Waals surface area (Å²) in [6, 6.07) is 6.29. The standard InChI is InChI=1S/C32H48O8S/c1-3-4-5-6-7-8-9-10-11-12-13-14-15-16-28(34)41-21-26-29(35)30(36)31(37)32(40-26)38-23-17-18-24-22(2)19-27(33)39-25(24)20-23/h17-20,26,29-32,35-37H,3-16,21H2,1-2H3/t26-,29+,30+,31+,32+/m0/s1. The van der Waals surface area contributed by atoms with Gasteiger partial charge in [-0.2, -0.15) is 0 Å². The highest BCUT2D eigenvalue weighted by Gasteiger charge is 2.45. The minimum atomic E-state index is -1.51. The maximum atomic E-state index is 12.4. The Morgan fingerprint density at radius 2 is 1.46 bits per heavy atom. The number of ether oxygens (including phenoxy) is 2. The van der Waals surface area contributed by atoms with Crippen LogP contribution in [0.4, 0.5) is 0 Å². The number of hydrogen-bond donors (Lipinski definition) is 3. The van der Waals surface area contributed by atoms with Crippen LogP contribution < -0.4 is 10.4 Å². The van der Waals surface area contributed by atoms with Gasteiger partial charge in [0.2, 0.25) is 6.29 Å². The normalized spacial score (nSPS) is 22.7. The third-order valence-electron chi connectivity index (χ3n) is 7.74. The zero-order valence-electron chi connectivity index (χ0n) is 24.6. The number of benzene rings is 1. The van der Waals surface area contributed by atoms with Crippen molar-refractivity contribution in [2.24, 2.45) is 0 Å². The molecule has 0 radical (unpaired) electrons. The van der Waals surface area contributed by atoms with Crippen LogP contribution in [-0.2, 0) is 9.53 Å². The van der Waals surface area contributed by atoms with Crippen molar-refractivity contribution < 1.29 is 34.0 Å². The number of fused-ring (bicyclic) bond motifs is 1. The molecule has 1 aromatic heterocycles. The highest BCUT2D eigenvalue weighted by atomic mass is 32.2. The molecule has 1 aromatic carbocycles. The molecule has 3 N–H and O–H groups in total. The average molecular weight is 593 g/mol. The van der Waals surface area contributed by atoms with Crippen molar-refractivity contribution in [2.45, 2.75) is 134 Å². The van der Waals surface area contributed by atoms with E-state index < -0.39 is 36.3 Å². The van der Waals surface area contributed by atoms with Crippen LogP contribution in [0.3, 0.4) is 0 Å². The van der Waals surface area contributed by atoms with Crippen molar-refractivity contribution in [2.75, 3.05) is 5.75 Å². The molecular weight excluding hydrogens is 544 g/mol. The second-order valence-electron chi connectivity index (χ2n) is 11.2. The van der Waals surface area contributed by atoms with E-state index in [1.165, 1.54) is 76.3 Å². The Hall–Kier alpha value is -1.91. The number of carbonyl (C=O) groups is 1. The van der Waals surface area contributed by atoms with Gasteiger partial charge < -0.3 is 29.2 Å². The van der Waals surface area contributed by atoms with Crippen molar-refractivity contribution in [3.63, 3.8) is 0 Å². The quantitative estimate of drug-likeness (QED) is 0.140. The van der Waals surface area contributed by atoms with Gasteiger partial charge in [0.15, 0.2) is 5.12 Å². The zero-order valence-corrected chi connectivity index (χ0v) is 25.4. The smallest absolute Gasteiger partial charge is 0.336 e. The first kappa shape index (κ1) is 33.6. The molecule has 230 valence electrons. The van der Waals surface area contributed by atoms with E-state index in [0.29, 0.717) is 12.0 Å². The fourth-order valence-electron chi connectivity index (χ4n) is 5.20. The van der Waals surface area contributed by atoms with Gasteiger partial charge in [-0.3, -0.25) is 4.79 Å². The third-order valence-corrected chi connectivity index (χ3v) is 8.76. The van der Waals surface area contributed by atoms with Crippen LogP contribution >= 0.6 is 11.8 Å². The van der Waals surface area contributed by atoms with E-state index in [2.05, 4.69) is 6.92 Å². The van der Waals surface area contributed by atoms with Gasteiger partial charge in [-0.25, -0.2) is 4.79 Å². The van der Waals surface area contributed by atoms with E-state index >= 15 is 0 Å². The molecule has 0 spiro atoms. The van der Waals surface area contributed by atoms with E-state index in [4.69, 9.17) is 13.9 Å². The van der Waals surface area contributed by atoms with Gasteiger partial charge in [0.1, 0.15) is 29.6 Å². The lowest BCUT2D eigenvalue weighted by molar-refractivity contribution is -0.267. The number of rotatable bonds is 18. The van der Waals surface area contributed by atoms with Gasteiger partial charge in [-0.15, -0.1) is 0 Å². The average Bonchev–Trinajstić information content (AvgIpc) is 2.94. The van der Waals surface area contributed by atoms with Gasteiger partial charge in [-0.1, -0.05) is 95.7 Å². The topological polar surface area (TPSA) is 126 Å². The van der Waals surface area contributed by atoms with E-state index in [1.54, 1.807) is 19.1 Å². The number of carbonyl (C=O) groups excluding carboxylic acids is 1. The second kappa shape index (κ2) is 17.9. The highest BCUT2D eigenvalue weighted by Crippen LogP contribution is 2.29. The Kier molecular flexibility index (Phi) is 14.7. The van der Waals surface area contributed by atoms with Crippen molar-refractivity contribution >= 4 is 27.8 Å². The number of hydrogen-bond acceptors (Lipinski definition) is 9. The zero-order chi connectivity index (χ0) is 29.6. The predicted octanol–water partition coefficient (Wildman–Crippen LogP) is 6.03. The lowest BCUT2D eigenvalue weighted by Crippen LogP contribution is -2.59. The summed E-state index contributed by atoms with van der Waals surface area (Å²) in [5, 5.41) is 32.0. The molecule has 8 nitrogen and oxygen atoms in total. The third kappa shape index (κ3) is 11.0. The van der Waals surface area contributed by atoms with Gasteiger partial charge in [-0.05, 0) is 31.0 Å². The SMILES string of the molecule is CCCCCCCCCCCCCCCC(=O)SC[C@@H]1O[C@@H](Oc2ccc3c(C)cc(=O)oc3c2)[C@H](O)[C@H](O)[C@@H]1O. The van der Waals surface area contributed by atoms with Gasteiger partial charge in [0, 0.05) is 29.7 Å². The minimum absolute atomic E-state index is 0.0156. The molecule has 1 saturated heterocycles. The van der Waals surface area contributed by atoms with Crippen LogP contribution in [0.5, 0.6) is 5.75 Å². The first-order valence-electron chi connectivity index (χ1n) is 15.4. The Balaban J connectivity index is 1.34.